The minimum atomic E-state index is -0.191. The smallest absolute Gasteiger partial charge is 0.202 e. The van der Waals surface area contributed by atoms with Crippen LogP contribution < -0.4 is 5.32 Å². The van der Waals surface area contributed by atoms with Gasteiger partial charge in [0.1, 0.15) is 5.60 Å². The van der Waals surface area contributed by atoms with Crippen molar-refractivity contribution in [3.8, 4) is 0 Å². The Morgan fingerprint density at radius 2 is 2.53 bits per heavy atom. The van der Waals surface area contributed by atoms with Crippen LogP contribution in [0.1, 0.15) is 19.8 Å². The molecule has 1 unspecified atom stereocenters. The zero-order valence-corrected chi connectivity index (χ0v) is 10.6. The summed E-state index contributed by atoms with van der Waals surface area (Å²) in [6.07, 6.45) is 5.83. The van der Waals surface area contributed by atoms with Gasteiger partial charge in [-0.15, -0.1) is 0 Å². The number of ether oxygens (including phenoxy) is 2. The number of anilines is 1. The molecule has 0 spiro atoms. The monoisotopic (exact) mass is 239 g/mol. The average molecular weight is 239 g/mol. The number of rotatable bonds is 6. The van der Waals surface area contributed by atoms with E-state index in [4.69, 9.17) is 9.47 Å². The molecule has 5 nitrogen and oxygen atoms in total. The summed E-state index contributed by atoms with van der Waals surface area (Å²) in [6, 6.07) is 0. The lowest BCUT2D eigenvalue weighted by Gasteiger charge is -2.26. The van der Waals surface area contributed by atoms with E-state index in [2.05, 4.69) is 21.8 Å². The van der Waals surface area contributed by atoms with Crippen molar-refractivity contribution in [2.45, 2.75) is 31.9 Å². The van der Waals surface area contributed by atoms with Crippen LogP contribution in [0.15, 0.2) is 12.4 Å². The molecule has 0 aromatic carbocycles. The number of aromatic nitrogens is 2. The first-order valence-electron chi connectivity index (χ1n) is 6.17. The van der Waals surface area contributed by atoms with Gasteiger partial charge in [-0.2, -0.15) is 0 Å². The van der Waals surface area contributed by atoms with Crippen LogP contribution in [0.5, 0.6) is 0 Å². The van der Waals surface area contributed by atoms with Crippen LogP contribution in [-0.2, 0) is 16.0 Å². The molecule has 2 heterocycles. The highest BCUT2D eigenvalue weighted by Crippen LogP contribution is 2.25. The molecular weight excluding hydrogens is 218 g/mol. The average Bonchev–Trinajstić information content (AvgIpc) is 2.97. The summed E-state index contributed by atoms with van der Waals surface area (Å²) in [5, 5.41) is 3.31. The van der Waals surface area contributed by atoms with Gasteiger partial charge >= 0.3 is 0 Å². The second-order valence-corrected chi connectivity index (χ2v) is 4.50. The predicted octanol–water partition coefficient (Wildman–Crippen LogP) is 1.51. The van der Waals surface area contributed by atoms with Gasteiger partial charge in [-0.3, -0.25) is 0 Å². The van der Waals surface area contributed by atoms with Gasteiger partial charge in [-0.05, 0) is 6.42 Å². The molecule has 17 heavy (non-hydrogen) atoms. The van der Waals surface area contributed by atoms with Gasteiger partial charge in [0.15, 0.2) is 0 Å². The molecule has 1 aromatic heterocycles. The summed E-state index contributed by atoms with van der Waals surface area (Å²) in [7, 11) is 1.75. The summed E-state index contributed by atoms with van der Waals surface area (Å²) in [5.41, 5.74) is -0.191. The highest BCUT2D eigenvalue weighted by atomic mass is 16.5. The Kier molecular flexibility index (Phi) is 4.02. The van der Waals surface area contributed by atoms with E-state index in [-0.39, 0.29) is 5.60 Å². The topological polar surface area (TPSA) is 48.3 Å². The lowest BCUT2D eigenvalue weighted by Crippen LogP contribution is -2.37. The molecular formula is C12H21N3O2. The molecule has 1 saturated heterocycles. The van der Waals surface area contributed by atoms with E-state index in [0.717, 1.165) is 38.5 Å². The highest BCUT2D eigenvalue weighted by molar-refractivity contribution is 5.26. The van der Waals surface area contributed by atoms with Crippen molar-refractivity contribution < 1.29 is 9.47 Å². The van der Waals surface area contributed by atoms with Crippen LogP contribution in [0.3, 0.4) is 0 Å². The fourth-order valence-corrected chi connectivity index (χ4v) is 2.09. The zero-order valence-electron chi connectivity index (χ0n) is 10.6. The number of nitrogens with zero attached hydrogens (tertiary/aromatic N) is 2. The third-order valence-electron chi connectivity index (χ3n) is 3.21. The van der Waals surface area contributed by atoms with Gasteiger partial charge in [-0.25, -0.2) is 4.98 Å². The molecule has 0 bridgehead atoms. The predicted molar refractivity (Wildman–Crippen MR) is 66.2 cm³/mol. The molecule has 0 aliphatic carbocycles. The lowest BCUT2D eigenvalue weighted by molar-refractivity contribution is -0.0291. The van der Waals surface area contributed by atoms with Gasteiger partial charge in [0.05, 0.1) is 13.2 Å². The Labute approximate surface area is 102 Å². The normalized spacial score (nSPS) is 24.1. The largest absolute Gasteiger partial charge is 0.378 e. The summed E-state index contributed by atoms with van der Waals surface area (Å²) < 4.78 is 13.2. The molecule has 1 aliphatic heterocycles. The molecule has 1 atom stereocenters. The maximum atomic E-state index is 5.63. The van der Waals surface area contributed by atoms with Crippen molar-refractivity contribution in [1.82, 2.24) is 9.55 Å². The second-order valence-electron chi connectivity index (χ2n) is 4.50. The summed E-state index contributed by atoms with van der Waals surface area (Å²) in [6.45, 7) is 5.31. The molecule has 5 heteroatoms. The number of hydrogen-bond acceptors (Lipinski definition) is 4. The second kappa shape index (κ2) is 5.51. The van der Waals surface area contributed by atoms with Crippen LogP contribution in [0.2, 0.25) is 0 Å². The summed E-state index contributed by atoms with van der Waals surface area (Å²) in [4.78, 5) is 4.32. The van der Waals surface area contributed by atoms with Gasteiger partial charge in [0.2, 0.25) is 5.95 Å². The van der Waals surface area contributed by atoms with E-state index in [0.29, 0.717) is 6.61 Å². The van der Waals surface area contributed by atoms with Crippen molar-refractivity contribution in [1.29, 1.82) is 0 Å². The molecule has 1 aliphatic rings. The minimum absolute atomic E-state index is 0.191. The van der Waals surface area contributed by atoms with Crippen LogP contribution in [0.4, 0.5) is 5.95 Å². The van der Waals surface area contributed by atoms with Crippen molar-refractivity contribution in [3.63, 3.8) is 0 Å². The molecule has 0 amide bonds. The molecule has 0 saturated carbocycles. The maximum Gasteiger partial charge on any atom is 0.202 e. The zero-order chi connectivity index (χ0) is 12.1. The maximum absolute atomic E-state index is 5.63. The van der Waals surface area contributed by atoms with E-state index in [1.165, 1.54) is 0 Å². The van der Waals surface area contributed by atoms with E-state index in [1.807, 2.05) is 12.4 Å². The van der Waals surface area contributed by atoms with Crippen molar-refractivity contribution >= 4 is 5.95 Å². The quantitative estimate of drug-likeness (QED) is 0.817. The van der Waals surface area contributed by atoms with Crippen molar-refractivity contribution in [3.05, 3.63) is 12.4 Å². The first-order chi connectivity index (χ1) is 8.29. The van der Waals surface area contributed by atoms with Gasteiger partial charge < -0.3 is 19.4 Å². The first-order valence-corrected chi connectivity index (χ1v) is 6.17. The number of methoxy groups -OCH3 is 1. The third kappa shape index (κ3) is 2.79. The highest BCUT2D eigenvalue weighted by Gasteiger charge is 2.35. The molecule has 96 valence electrons. The fraction of sp³-hybridized carbons (Fsp3) is 0.750. The number of nitrogens with one attached hydrogen (secondary N) is 1. The SMILES string of the molecule is CCCNc1nccn1CC1(OC)CCOC1. The van der Waals surface area contributed by atoms with Crippen LogP contribution in [0, 0.1) is 0 Å². The van der Waals surface area contributed by atoms with E-state index in [9.17, 15) is 0 Å². The van der Waals surface area contributed by atoms with Crippen LogP contribution in [-0.4, -0.2) is 42.0 Å². The molecule has 1 aromatic rings. The van der Waals surface area contributed by atoms with E-state index in [1.54, 1.807) is 7.11 Å². The Morgan fingerprint density at radius 3 is 3.18 bits per heavy atom. The molecule has 0 radical (unpaired) electrons. The lowest BCUT2D eigenvalue weighted by atomic mass is 10.0. The summed E-state index contributed by atoms with van der Waals surface area (Å²) >= 11 is 0. The number of hydrogen-bond donors (Lipinski definition) is 1. The minimum Gasteiger partial charge on any atom is -0.378 e. The Balaban J connectivity index is 2.04. The van der Waals surface area contributed by atoms with Crippen molar-refractivity contribution in [2.24, 2.45) is 0 Å². The Morgan fingerprint density at radius 1 is 1.65 bits per heavy atom. The Hall–Kier alpha value is -1.07. The summed E-state index contributed by atoms with van der Waals surface area (Å²) in [5.74, 6) is 0.912. The first kappa shape index (κ1) is 12.4. The Bertz CT molecular complexity index is 345. The molecule has 1 N–H and O–H groups in total. The fourth-order valence-electron chi connectivity index (χ4n) is 2.09. The van der Waals surface area contributed by atoms with Gasteiger partial charge in [0.25, 0.3) is 0 Å². The third-order valence-corrected chi connectivity index (χ3v) is 3.21. The van der Waals surface area contributed by atoms with Crippen molar-refractivity contribution in [2.75, 3.05) is 32.2 Å². The van der Waals surface area contributed by atoms with E-state index < -0.39 is 0 Å². The number of imidazole rings is 1. The van der Waals surface area contributed by atoms with Crippen LogP contribution >= 0.6 is 0 Å². The standard InChI is InChI=1S/C12H21N3O2/c1-3-5-13-11-14-6-7-15(11)9-12(16-2)4-8-17-10-12/h6-7H,3-5,8-10H2,1-2H3,(H,13,14). The molecule has 2 rings (SSSR count). The van der Waals surface area contributed by atoms with Gasteiger partial charge in [-0.1, -0.05) is 6.92 Å². The van der Waals surface area contributed by atoms with Crippen LogP contribution in [0.25, 0.3) is 0 Å². The van der Waals surface area contributed by atoms with Gasteiger partial charge in [0, 0.05) is 39.1 Å². The van der Waals surface area contributed by atoms with E-state index >= 15 is 0 Å². The molecule has 1 fully saturated rings.